The van der Waals surface area contributed by atoms with Crippen LogP contribution in [-0.2, 0) is 0 Å². The number of rotatable bonds is 0. The SMILES string of the molecule is CC12CCC3C(C1)C3C2. The van der Waals surface area contributed by atoms with Crippen molar-refractivity contribution in [2.24, 2.45) is 23.2 Å². The number of hydrogen-bond acceptors (Lipinski definition) is 0. The van der Waals surface area contributed by atoms with Gasteiger partial charge in [0, 0.05) is 0 Å². The lowest BCUT2D eigenvalue weighted by Crippen LogP contribution is -2.21. The van der Waals surface area contributed by atoms with Crippen LogP contribution in [0.4, 0.5) is 0 Å². The molecule has 0 aromatic heterocycles. The second-order valence-corrected chi connectivity index (χ2v) is 4.75. The molecule has 9 heavy (non-hydrogen) atoms. The fraction of sp³-hybridized carbons (Fsp3) is 1.00. The van der Waals surface area contributed by atoms with Gasteiger partial charge in [0.05, 0.1) is 0 Å². The lowest BCUT2D eigenvalue weighted by Gasteiger charge is -2.32. The average Bonchev–Trinajstić information content (AvgIpc) is 2.36. The largest absolute Gasteiger partial charge is 0.0596 e. The third kappa shape index (κ3) is 0.426. The van der Waals surface area contributed by atoms with E-state index in [2.05, 4.69) is 6.92 Å². The highest BCUT2D eigenvalue weighted by Gasteiger charge is 2.62. The fourth-order valence-corrected chi connectivity index (χ4v) is 3.50. The molecule has 0 radical (unpaired) electrons. The van der Waals surface area contributed by atoms with E-state index in [9.17, 15) is 0 Å². The molecule has 0 aliphatic heterocycles. The van der Waals surface area contributed by atoms with Gasteiger partial charge < -0.3 is 0 Å². The van der Waals surface area contributed by atoms with Gasteiger partial charge in [0.15, 0.2) is 0 Å². The maximum atomic E-state index is 2.50. The van der Waals surface area contributed by atoms with Crippen molar-refractivity contribution in [3.63, 3.8) is 0 Å². The Kier molecular flexibility index (Phi) is 0.574. The molecule has 0 amide bonds. The van der Waals surface area contributed by atoms with Crippen molar-refractivity contribution in [1.29, 1.82) is 0 Å². The van der Waals surface area contributed by atoms with Crippen LogP contribution in [0.3, 0.4) is 0 Å². The highest BCUT2D eigenvalue weighted by molar-refractivity contribution is 5.12. The van der Waals surface area contributed by atoms with Gasteiger partial charge in [-0.15, -0.1) is 0 Å². The summed E-state index contributed by atoms with van der Waals surface area (Å²) in [4.78, 5) is 0. The van der Waals surface area contributed by atoms with E-state index >= 15 is 0 Å². The molecule has 4 bridgehead atoms. The van der Waals surface area contributed by atoms with Gasteiger partial charge in [-0.1, -0.05) is 6.92 Å². The van der Waals surface area contributed by atoms with Crippen LogP contribution in [-0.4, -0.2) is 0 Å². The van der Waals surface area contributed by atoms with E-state index in [0.717, 1.165) is 5.41 Å². The van der Waals surface area contributed by atoms with Gasteiger partial charge >= 0.3 is 0 Å². The molecule has 0 aromatic carbocycles. The first kappa shape index (κ1) is 4.76. The van der Waals surface area contributed by atoms with Crippen LogP contribution in [0.2, 0.25) is 0 Å². The molecule has 0 heterocycles. The Morgan fingerprint density at radius 2 is 1.78 bits per heavy atom. The highest BCUT2D eigenvalue weighted by Crippen LogP contribution is 2.71. The summed E-state index contributed by atoms with van der Waals surface area (Å²) in [6.07, 6.45) is 6.29. The van der Waals surface area contributed by atoms with Crippen molar-refractivity contribution in [3.8, 4) is 0 Å². The summed E-state index contributed by atoms with van der Waals surface area (Å²) in [6.45, 7) is 2.50. The minimum absolute atomic E-state index is 0.823. The molecular weight excluding hydrogens is 108 g/mol. The van der Waals surface area contributed by atoms with E-state index < -0.39 is 0 Å². The lowest BCUT2D eigenvalue weighted by molar-refractivity contribution is 0.189. The van der Waals surface area contributed by atoms with Crippen LogP contribution in [0.1, 0.15) is 32.6 Å². The van der Waals surface area contributed by atoms with E-state index in [4.69, 9.17) is 0 Å². The molecular formula is C9H14. The molecule has 0 N–H and O–H groups in total. The Bertz CT molecular complexity index is 147. The summed E-state index contributed by atoms with van der Waals surface area (Å²) in [5, 5.41) is 0. The molecule has 4 rings (SSSR count). The fourth-order valence-electron chi connectivity index (χ4n) is 3.50. The van der Waals surface area contributed by atoms with Crippen molar-refractivity contribution >= 4 is 0 Å². The smallest absolute Gasteiger partial charge is 0.0320 e. The first-order chi connectivity index (χ1) is 4.29. The zero-order valence-corrected chi connectivity index (χ0v) is 6.06. The summed E-state index contributed by atoms with van der Waals surface area (Å²) in [5.41, 5.74) is 0.823. The van der Waals surface area contributed by atoms with Crippen molar-refractivity contribution in [3.05, 3.63) is 0 Å². The molecule has 0 saturated heterocycles. The standard InChI is InChI=1S/C9H14/c1-9-3-2-6-7(4-9)8(6)5-9/h6-8H,2-5H2,1H3. The second-order valence-electron chi connectivity index (χ2n) is 4.75. The minimum atomic E-state index is 0.823. The lowest BCUT2D eigenvalue weighted by atomic mass is 9.73. The zero-order chi connectivity index (χ0) is 6.06. The van der Waals surface area contributed by atoms with Gasteiger partial charge in [-0.3, -0.25) is 0 Å². The van der Waals surface area contributed by atoms with E-state index in [1.165, 1.54) is 17.8 Å². The summed E-state index contributed by atoms with van der Waals surface area (Å²) in [7, 11) is 0. The van der Waals surface area contributed by atoms with Crippen LogP contribution in [0.5, 0.6) is 0 Å². The van der Waals surface area contributed by atoms with Crippen molar-refractivity contribution in [1.82, 2.24) is 0 Å². The zero-order valence-electron chi connectivity index (χ0n) is 6.06. The van der Waals surface area contributed by atoms with Crippen LogP contribution in [0.15, 0.2) is 0 Å². The van der Waals surface area contributed by atoms with Crippen LogP contribution < -0.4 is 0 Å². The van der Waals surface area contributed by atoms with Crippen LogP contribution in [0.25, 0.3) is 0 Å². The Morgan fingerprint density at radius 3 is 2.11 bits per heavy atom. The molecule has 2 atom stereocenters. The van der Waals surface area contributed by atoms with Crippen molar-refractivity contribution in [2.45, 2.75) is 32.6 Å². The molecule has 0 spiro atoms. The second kappa shape index (κ2) is 1.09. The van der Waals surface area contributed by atoms with E-state index in [-0.39, 0.29) is 0 Å². The van der Waals surface area contributed by atoms with E-state index in [0.29, 0.717) is 0 Å². The minimum Gasteiger partial charge on any atom is -0.0596 e. The third-order valence-corrected chi connectivity index (χ3v) is 4.05. The van der Waals surface area contributed by atoms with Gasteiger partial charge in [-0.2, -0.15) is 0 Å². The maximum Gasteiger partial charge on any atom is -0.0320 e. The predicted molar refractivity (Wildman–Crippen MR) is 37.0 cm³/mol. The molecule has 50 valence electrons. The summed E-state index contributed by atoms with van der Waals surface area (Å²) in [5.74, 6) is 3.64. The Balaban J connectivity index is 1.99. The van der Waals surface area contributed by atoms with Gasteiger partial charge in [0.2, 0.25) is 0 Å². The van der Waals surface area contributed by atoms with Gasteiger partial charge in [-0.25, -0.2) is 0 Å². The molecule has 4 aliphatic carbocycles. The average molecular weight is 122 g/mol. The number of hydrogen-bond donors (Lipinski definition) is 0. The molecule has 0 nitrogen and oxygen atoms in total. The molecule has 2 unspecified atom stereocenters. The summed E-state index contributed by atoms with van der Waals surface area (Å²) < 4.78 is 0. The first-order valence-corrected chi connectivity index (χ1v) is 4.29. The highest BCUT2D eigenvalue weighted by atomic mass is 14.7. The Labute approximate surface area is 56.6 Å². The normalized spacial score (nSPS) is 68.3. The molecule has 4 aliphatic rings. The predicted octanol–water partition coefficient (Wildman–Crippen LogP) is 2.44. The van der Waals surface area contributed by atoms with Crippen LogP contribution in [0, 0.1) is 23.2 Å². The topological polar surface area (TPSA) is 0 Å². The van der Waals surface area contributed by atoms with Crippen molar-refractivity contribution < 1.29 is 0 Å². The van der Waals surface area contributed by atoms with Gasteiger partial charge in [-0.05, 0) is 48.9 Å². The molecule has 4 saturated carbocycles. The van der Waals surface area contributed by atoms with E-state index in [1.54, 1.807) is 25.7 Å². The van der Waals surface area contributed by atoms with Crippen LogP contribution >= 0.6 is 0 Å². The maximum absolute atomic E-state index is 2.50. The summed E-state index contributed by atoms with van der Waals surface area (Å²) >= 11 is 0. The quantitative estimate of drug-likeness (QED) is 0.463. The third-order valence-electron chi connectivity index (χ3n) is 4.05. The molecule has 0 heteroatoms. The summed E-state index contributed by atoms with van der Waals surface area (Å²) in [6, 6.07) is 0. The van der Waals surface area contributed by atoms with Gasteiger partial charge in [0.1, 0.15) is 0 Å². The molecule has 0 aromatic rings. The Morgan fingerprint density at radius 1 is 1.11 bits per heavy atom. The number of fused-ring (bicyclic) bond motifs is 1. The molecule has 4 fully saturated rings. The van der Waals surface area contributed by atoms with E-state index in [1.807, 2.05) is 0 Å². The monoisotopic (exact) mass is 122 g/mol. The Hall–Kier alpha value is 0. The first-order valence-electron chi connectivity index (χ1n) is 4.29. The van der Waals surface area contributed by atoms with Crippen molar-refractivity contribution in [2.75, 3.05) is 0 Å². The van der Waals surface area contributed by atoms with Gasteiger partial charge in [0.25, 0.3) is 0 Å².